The molecule has 0 bridgehead atoms. The number of nitrogens with one attached hydrogen (secondary N) is 1. The van der Waals surface area contributed by atoms with Gasteiger partial charge in [-0.25, -0.2) is 0 Å². The Hall–Kier alpha value is -2.68. The van der Waals surface area contributed by atoms with Crippen LogP contribution in [-0.4, -0.2) is 10.9 Å². The Morgan fingerprint density at radius 1 is 1.00 bits per heavy atom. The van der Waals surface area contributed by atoms with Gasteiger partial charge in [0.15, 0.2) is 0 Å². The number of aromatic nitrogens is 1. The molecule has 3 rings (SSSR count). The largest absolute Gasteiger partial charge is 0.321 e. The van der Waals surface area contributed by atoms with Crippen LogP contribution in [0.3, 0.4) is 0 Å². The van der Waals surface area contributed by atoms with E-state index in [0.717, 1.165) is 16.6 Å². The van der Waals surface area contributed by atoms with E-state index in [9.17, 15) is 4.79 Å². The van der Waals surface area contributed by atoms with Crippen molar-refractivity contribution in [3.8, 4) is 0 Å². The molecule has 3 nitrogen and oxygen atoms in total. The van der Waals surface area contributed by atoms with E-state index in [2.05, 4.69) is 24.1 Å². The summed E-state index contributed by atoms with van der Waals surface area (Å²) in [5.41, 5.74) is 3.54. The van der Waals surface area contributed by atoms with Gasteiger partial charge >= 0.3 is 0 Å². The maximum Gasteiger partial charge on any atom is 0.255 e. The molecular formula is C19H18N2O. The number of benzene rings is 2. The number of carbonyl (C=O) groups excluding carboxylic acids is 1. The molecule has 1 N–H and O–H groups in total. The molecule has 0 fully saturated rings. The first-order chi connectivity index (χ1) is 10.6. The van der Waals surface area contributed by atoms with E-state index < -0.39 is 0 Å². The number of hydrogen-bond donors (Lipinski definition) is 1. The standard InChI is InChI=1S/C19H18N2O/c1-13(2)14-8-10-15(11-9-14)19(22)21-18-7-3-6-17-16(18)5-4-12-20-17/h3-13H,1-2H3,(H,21,22). The Morgan fingerprint density at radius 2 is 1.77 bits per heavy atom. The van der Waals surface area contributed by atoms with E-state index in [1.54, 1.807) is 6.20 Å². The second kappa shape index (κ2) is 5.98. The maximum atomic E-state index is 12.4. The number of carbonyl (C=O) groups is 1. The summed E-state index contributed by atoms with van der Waals surface area (Å²) in [5, 5.41) is 3.91. The average molecular weight is 290 g/mol. The minimum Gasteiger partial charge on any atom is -0.321 e. The molecule has 0 saturated carbocycles. The first-order valence-electron chi connectivity index (χ1n) is 7.40. The summed E-state index contributed by atoms with van der Waals surface area (Å²) >= 11 is 0. The average Bonchev–Trinajstić information content (AvgIpc) is 2.55. The van der Waals surface area contributed by atoms with Crippen LogP contribution < -0.4 is 5.32 Å². The molecule has 1 amide bonds. The minimum atomic E-state index is -0.105. The highest BCUT2D eigenvalue weighted by molar-refractivity contribution is 6.08. The Morgan fingerprint density at radius 3 is 2.50 bits per heavy atom. The van der Waals surface area contributed by atoms with Crippen LogP contribution in [0.2, 0.25) is 0 Å². The molecular weight excluding hydrogens is 272 g/mol. The number of hydrogen-bond acceptors (Lipinski definition) is 2. The lowest BCUT2D eigenvalue weighted by Gasteiger charge is -2.09. The summed E-state index contributed by atoms with van der Waals surface area (Å²) in [6, 6.07) is 17.3. The maximum absolute atomic E-state index is 12.4. The summed E-state index contributed by atoms with van der Waals surface area (Å²) in [7, 11) is 0. The molecule has 0 aliphatic carbocycles. The van der Waals surface area contributed by atoms with Gasteiger partial charge in [-0.15, -0.1) is 0 Å². The molecule has 1 heterocycles. The normalized spacial score (nSPS) is 10.9. The molecule has 0 aliphatic heterocycles. The summed E-state index contributed by atoms with van der Waals surface area (Å²) in [6.07, 6.45) is 1.75. The lowest BCUT2D eigenvalue weighted by Crippen LogP contribution is -2.12. The van der Waals surface area contributed by atoms with Gasteiger partial charge in [0.25, 0.3) is 5.91 Å². The smallest absolute Gasteiger partial charge is 0.255 e. The van der Waals surface area contributed by atoms with Crippen LogP contribution >= 0.6 is 0 Å². The van der Waals surface area contributed by atoms with Crippen molar-refractivity contribution in [2.45, 2.75) is 19.8 Å². The van der Waals surface area contributed by atoms with Gasteiger partial charge in [0, 0.05) is 17.1 Å². The van der Waals surface area contributed by atoms with E-state index in [1.165, 1.54) is 5.56 Å². The van der Waals surface area contributed by atoms with E-state index in [0.29, 0.717) is 11.5 Å². The monoisotopic (exact) mass is 290 g/mol. The third-order valence-corrected chi connectivity index (χ3v) is 3.73. The lowest BCUT2D eigenvalue weighted by atomic mass is 10.0. The fraction of sp³-hybridized carbons (Fsp3) is 0.158. The minimum absolute atomic E-state index is 0.105. The van der Waals surface area contributed by atoms with Gasteiger partial charge in [-0.3, -0.25) is 9.78 Å². The number of nitrogens with zero attached hydrogens (tertiary/aromatic N) is 1. The lowest BCUT2D eigenvalue weighted by molar-refractivity contribution is 0.102. The number of anilines is 1. The number of fused-ring (bicyclic) bond motifs is 1. The van der Waals surface area contributed by atoms with Gasteiger partial charge in [0.05, 0.1) is 11.2 Å². The van der Waals surface area contributed by atoms with Crippen LogP contribution in [0.15, 0.2) is 60.8 Å². The van der Waals surface area contributed by atoms with Gasteiger partial charge in [-0.05, 0) is 47.9 Å². The van der Waals surface area contributed by atoms with E-state index in [1.807, 2.05) is 54.6 Å². The van der Waals surface area contributed by atoms with Crippen molar-refractivity contribution < 1.29 is 4.79 Å². The molecule has 0 unspecified atom stereocenters. The van der Waals surface area contributed by atoms with Gasteiger partial charge < -0.3 is 5.32 Å². The van der Waals surface area contributed by atoms with Crippen LogP contribution in [0, 0.1) is 0 Å². The van der Waals surface area contributed by atoms with Crippen LogP contribution in [0.1, 0.15) is 35.7 Å². The van der Waals surface area contributed by atoms with E-state index in [-0.39, 0.29) is 5.91 Å². The second-order valence-corrected chi connectivity index (χ2v) is 5.61. The van der Waals surface area contributed by atoms with Crippen molar-refractivity contribution in [2.75, 3.05) is 5.32 Å². The van der Waals surface area contributed by atoms with Crippen LogP contribution in [0.5, 0.6) is 0 Å². The fourth-order valence-electron chi connectivity index (χ4n) is 2.43. The second-order valence-electron chi connectivity index (χ2n) is 5.61. The van der Waals surface area contributed by atoms with Crippen molar-refractivity contribution in [3.63, 3.8) is 0 Å². The zero-order chi connectivity index (χ0) is 15.5. The van der Waals surface area contributed by atoms with Crippen molar-refractivity contribution in [2.24, 2.45) is 0 Å². The zero-order valence-corrected chi connectivity index (χ0v) is 12.7. The molecule has 0 aliphatic rings. The van der Waals surface area contributed by atoms with Crippen molar-refractivity contribution in [1.82, 2.24) is 4.98 Å². The molecule has 3 heteroatoms. The topological polar surface area (TPSA) is 42.0 Å². The van der Waals surface area contributed by atoms with E-state index in [4.69, 9.17) is 0 Å². The molecule has 0 spiro atoms. The van der Waals surface area contributed by atoms with Crippen molar-refractivity contribution >= 4 is 22.5 Å². The predicted molar refractivity (Wildman–Crippen MR) is 90.2 cm³/mol. The quantitative estimate of drug-likeness (QED) is 0.765. The van der Waals surface area contributed by atoms with Crippen LogP contribution in [0.25, 0.3) is 10.9 Å². The van der Waals surface area contributed by atoms with Crippen molar-refractivity contribution in [3.05, 3.63) is 71.9 Å². The summed E-state index contributed by atoms with van der Waals surface area (Å²) in [4.78, 5) is 16.7. The summed E-state index contributed by atoms with van der Waals surface area (Å²) < 4.78 is 0. The van der Waals surface area contributed by atoms with Crippen molar-refractivity contribution in [1.29, 1.82) is 0 Å². The molecule has 0 radical (unpaired) electrons. The third-order valence-electron chi connectivity index (χ3n) is 3.73. The number of pyridine rings is 1. The van der Waals surface area contributed by atoms with Gasteiger partial charge in [0.1, 0.15) is 0 Å². The SMILES string of the molecule is CC(C)c1ccc(C(=O)Nc2cccc3ncccc23)cc1. The highest BCUT2D eigenvalue weighted by Gasteiger charge is 2.09. The Labute approximate surface area is 130 Å². The molecule has 3 aromatic rings. The number of rotatable bonds is 3. The molecule has 22 heavy (non-hydrogen) atoms. The van der Waals surface area contributed by atoms with Gasteiger partial charge in [-0.1, -0.05) is 32.0 Å². The molecule has 1 aromatic heterocycles. The Balaban J connectivity index is 1.87. The molecule has 0 atom stereocenters. The van der Waals surface area contributed by atoms with Gasteiger partial charge in [0.2, 0.25) is 0 Å². The third kappa shape index (κ3) is 2.84. The molecule has 2 aromatic carbocycles. The number of amides is 1. The van der Waals surface area contributed by atoms with Crippen LogP contribution in [-0.2, 0) is 0 Å². The van der Waals surface area contributed by atoms with E-state index >= 15 is 0 Å². The van der Waals surface area contributed by atoms with Crippen LogP contribution in [0.4, 0.5) is 5.69 Å². The highest BCUT2D eigenvalue weighted by atomic mass is 16.1. The molecule has 0 saturated heterocycles. The summed E-state index contributed by atoms with van der Waals surface area (Å²) in [5.74, 6) is 0.355. The fourth-order valence-corrected chi connectivity index (χ4v) is 2.43. The highest BCUT2D eigenvalue weighted by Crippen LogP contribution is 2.22. The van der Waals surface area contributed by atoms with Gasteiger partial charge in [-0.2, -0.15) is 0 Å². The first kappa shape index (κ1) is 14.3. The Bertz CT molecular complexity index is 802. The molecule has 110 valence electrons. The predicted octanol–water partition coefficient (Wildman–Crippen LogP) is 4.61. The summed E-state index contributed by atoms with van der Waals surface area (Å²) in [6.45, 7) is 4.27. The first-order valence-corrected chi connectivity index (χ1v) is 7.40. The Kier molecular flexibility index (Phi) is 3.88. The zero-order valence-electron chi connectivity index (χ0n) is 12.7.